The van der Waals surface area contributed by atoms with E-state index >= 15 is 0 Å². The topological polar surface area (TPSA) is 118 Å². The minimum Gasteiger partial charge on any atom is -0.481 e. The minimum absolute atomic E-state index is 0.00920. The average Bonchev–Trinajstić information content (AvgIpc) is 3.38. The van der Waals surface area contributed by atoms with E-state index in [1.807, 2.05) is 42.3 Å². The number of likely N-dealkylation sites (N-methyl/N-ethyl adjacent to an activating group) is 1. The Bertz CT molecular complexity index is 1390. The Balaban J connectivity index is 1.61. The fraction of sp³-hybridized carbons (Fsp3) is 0.357. The van der Waals surface area contributed by atoms with Crippen LogP contribution in [0.15, 0.2) is 70.5 Å². The molecule has 2 heterocycles. The molecule has 0 saturated carbocycles. The maximum absolute atomic E-state index is 12.7. The Morgan fingerprint density at radius 1 is 1.15 bits per heavy atom. The molecule has 3 atom stereocenters. The Labute approximate surface area is 240 Å². The largest absolute Gasteiger partial charge is 0.481 e. The fourth-order valence-corrected chi connectivity index (χ4v) is 5.78. The van der Waals surface area contributed by atoms with E-state index in [4.69, 9.17) is 16.3 Å². The van der Waals surface area contributed by atoms with Crippen LogP contribution in [0.2, 0.25) is 5.02 Å². The van der Waals surface area contributed by atoms with Gasteiger partial charge in [-0.2, -0.15) is 0 Å². The lowest BCUT2D eigenvalue weighted by atomic mass is 9.62. The van der Waals surface area contributed by atoms with Crippen LogP contribution in [0.3, 0.4) is 0 Å². The number of carboxylic acid groups (broad SMARTS) is 2. The Morgan fingerprint density at radius 2 is 1.85 bits per heavy atom. The van der Waals surface area contributed by atoms with Crippen molar-refractivity contribution in [2.24, 2.45) is 5.41 Å². The molecule has 0 aliphatic carbocycles. The zero-order valence-corrected chi connectivity index (χ0v) is 24.2. The van der Waals surface area contributed by atoms with Crippen LogP contribution in [0.5, 0.6) is 0 Å². The van der Waals surface area contributed by atoms with E-state index in [0.29, 0.717) is 29.4 Å². The first-order valence-electron chi connectivity index (χ1n) is 12.5. The predicted octanol–water partition coefficient (Wildman–Crippen LogP) is 5.32. The highest BCUT2D eigenvalue weighted by Gasteiger charge is 2.56. The van der Waals surface area contributed by atoms with Crippen LogP contribution in [-0.4, -0.2) is 67.8 Å². The van der Waals surface area contributed by atoms with E-state index in [-0.39, 0.29) is 18.8 Å². The number of ether oxygens (including phenoxy) is 1. The second-order valence-corrected chi connectivity index (χ2v) is 10.9. The summed E-state index contributed by atoms with van der Waals surface area (Å²) in [7, 11) is 0. The molecule has 3 aromatic rings. The van der Waals surface area contributed by atoms with E-state index < -0.39 is 29.3 Å². The lowest BCUT2D eigenvalue weighted by molar-refractivity contribution is -0.154. The van der Waals surface area contributed by atoms with Crippen molar-refractivity contribution in [3.05, 3.63) is 81.1 Å². The highest BCUT2D eigenvalue weighted by atomic mass is 79.9. The van der Waals surface area contributed by atoms with E-state index in [2.05, 4.69) is 26.2 Å². The third-order valence-corrected chi connectivity index (χ3v) is 8.38. The van der Waals surface area contributed by atoms with Crippen molar-refractivity contribution in [2.75, 3.05) is 19.8 Å². The molecule has 0 radical (unpaired) electrons. The summed E-state index contributed by atoms with van der Waals surface area (Å²) in [5.74, 6) is -3.28. The standard InChI is InChI=1S/C28H30BrClN4O5/c1-4-34-17(2)28(3,27(37)38)25(20-7-5-6-8-21(20)30)24(26(35)36)23(34)16-39-14-13-33-15-22(31-32-33)18-9-11-19(29)12-10-18/h5-12,15,17,25H,4,13-14,16H2,1-3H3,(H,35,36)(H,37,38). The quantitative estimate of drug-likeness (QED) is 0.294. The van der Waals surface area contributed by atoms with Gasteiger partial charge in [0.2, 0.25) is 0 Å². The van der Waals surface area contributed by atoms with Crippen LogP contribution in [0.25, 0.3) is 11.3 Å². The van der Waals surface area contributed by atoms with E-state index in [0.717, 1.165) is 15.7 Å². The van der Waals surface area contributed by atoms with Gasteiger partial charge in [0.05, 0.1) is 42.6 Å². The molecule has 206 valence electrons. The molecule has 4 rings (SSSR count). The first kappa shape index (κ1) is 28.8. The van der Waals surface area contributed by atoms with Crippen LogP contribution >= 0.6 is 27.5 Å². The summed E-state index contributed by atoms with van der Waals surface area (Å²) in [5, 5.41) is 29.5. The fourth-order valence-electron chi connectivity index (χ4n) is 5.27. The van der Waals surface area contributed by atoms with Gasteiger partial charge in [-0.3, -0.25) is 4.79 Å². The Kier molecular flexibility index (Phi) is 8.78. The van der Waals surface area contributed by atoms with Gasteiger partial charge in [-0.05, 0) is 44.5 Å². The van der Waals surface area contributed by atoms with Crippen LogP contribution in [-0.2, 0) is 20.9 Å². The number of aromatic nitrogens is 3. The molecule has 11 heteroatoms. The van der Waals surface area contributed by atoms with Crippen molar-refractivity contribution in [3.63, 3.8) is 0 Å². The van der Waals surface area contributed by atoms with Crippen molar-refractivity contribution in [3.8, 4) is 11.3 Å². The number of halogens is 2. The average molecular weight is 618 g/mol. The molecular weight excluding hydrogens is 588 g/mol. The molecule has 1 aliphatic rings. The van der Waals surface area contributed by atoms with Crippen molar-refractivity contribution >= 4 is 39.5 Å². The zero-order valence-electron chi connectivity index (χ0n) is 21.8. The van der Waals surface area contributed by atoms with Gasteiger partial charge in [0.15, 0.2) is 0 Å². The molecule has 3 unspecified atom stereocenters. The number of benzene rings is 2. The van der Waals surface area contributed by atoms with Gasteiger partial charge in [0, 0.05) is 33.6 Å². The first-order valence-corrected chi connectivity index (χ1v) is 13.7. The number of rotatable bonds is 10. The van der Waals surface area contributed by atoms with Crippen molar-refractivity contribution < 1.29 is 24.5 Å². The maximum Gasteiger partial charge on any atom is 0.334 e. The summed E-state index contributed by atoms with van der Waals surface area (Å²) < 4.78 is 8.61. The third-order valence-electron chi connectivity index (χ3n) is 7.51. The molecule has 0 saturated heterocycles. The molecule has 2 N–H and O–H groups in total. The predicted molar refractivity (Wildman–Crippen MR) is 150 cm³/mol. The normalized spacial score (nSPS) is 21.3. The van der Waals surface area contributed by atoms with Gasteiger partial charge in [-0.1, -0.05) is 63.1 Å². The number of carboxylic acids is 2. The molecular formula is C28H30BrClN4O5. The summed E-state index contributed by atoms with van der Waals surface area (Å²) in [6, 6.07) is 14.0. The molecule has 2 aromatic carbocycles. The minimum atomic E-state index is -1.46. The third kappa shape index (κ3) is 5.59. The zero-order chi connectivity index (χ0) is 28.3. The maximum atomic E-state index is 12.7. The van der Waals surface area contributed by atoms with Gasteiger partial charge in [-0.15, -0.1) is 5.10 Å². The molecule has 0 amide bonds. The number of carbonyl (C=O) groups is 2. The van der Waals surface area contributed by atoms with Crippen LogP contribution < -0.4 is 0 Å². The summed E-state index contributed by atoms with van der Waals surface area (Å²) >= 11 is 9.92. The summed E-state index contributed by atoms with van der Waals surface area (Å²) in [6.07, 6.45) is 1.82. The number of aliphatic carboxylic acids is 2. The first-order chi connectivity index (χ1) is 18.6. The molecule has 0 bridgehead atoms. The lowest BCUT2D eigenvalue weighted by Crippen LogP contribution is -2.57. The number of hydrogen-bond acceptors (Lipinski definition) is 6. The Hall–Kier alpha value is -3.21. The van der Waals surface area contributed by atoms with Gasteiger partial charge < -0.3 is 19.8 Å². The molecule has 0 fully saturated rings. The van der Waals surface area contributed by atoms with Crippen molar-refractivity contribution in [2.45, 2.75) is 39.3 Å². The molecule has 39 heavy (non-hydrogen) atoms. The van der Waals surface area contributed by atoms with E-state index in [1.54, 1.807) is 42.8 Å². The lowest BCUT2D eigenvalue weighted by Gasteiger charge is -2.51. The van der Waals surface area contributed by atoms with Gasteiger partial charge >= 0.3 is 11.9 Å². The van der Waals surface area contributed by atoms with E-state index in [9.17, 15) is 19.8 Å². The second-order valence-electron chi connectivity index (χ2n) is 9.60. The van der Waals surface area contributed by atoms with Gasteiger partial charge in [0.25, 0.3) is 0 Å². The monoisotopic (exact) mass is 616 g/mol. The second kappa shape index (κ2) is 11.9. The smallest absolute Gasteiger partial charge is 0.334 e. The molecule has 1 aromatic heterocycles. The van der Waals surface area contributed by atoms with Crippen molar-refractivity contribution in [1.82, 2.24) is 19.9 Å². The highest BCUT2D eigenvalue weighted by molar-refractivity contribution is 9.10. The molecule has 0 spiro atoms. The van der Waals surface area contributed by atoms with Crippen LogP contribution in [0.1, 0.15) is 32.3 Å². The highest BCUT2D eigenvalue weighted by Crippen LogP contribution is 2.52. The SMILES string of the molecule is CCN1C(COCCn2cc(-c3ccc(Br)cc3)nn2)=C(C(=O)O)C(c2ccccc2Cl)C(C)(C(=O)O)C1C. The van der Waals surface area contributed by atoms with Crippen LogP contribution in [0, 0.1) is 5.41 Å². The van der Waals surface area contributed by atoms with Gasteiger partial charge in [0.1, 0.15) is 5.69 Å². The van der Waals surface area contributed by atoms with Crippen molar-refractivity contribution in [1.29, 1.82) is 0 Å². The Morgan fingerprint density at radius 3 is 2.46 bits per heavy atom. The summed E-state index contributed by atoms with van der Waals surface area (Å²) in [6.45, 7) is 6.32. The van der Waals surface area contributed by atoms with Gasteiger partial charge in [-0.25, -0.2) is 9.48 Å². The van der Waals surface area contributed by atoms with Crippen LogP contribution in [0.4, 0.5) is 0 Å². The van der Waals surface area contributed by atoms with E-state index in [1.165, 1.54) is 0 Å². The molecule has 1 aliphatic heterocycles. The summed E-state index contributed by atoms with van der Waals surface area (Å²) in [4.78, 5) is 27.3. The number of hydrogen-bond donors (Lipinski definition) is 2. The molecule has 9 nitrogen and oxygen atoms in total. The summed E-state index contributed by atoms with van der Waals surface area (Å²) in [5.41, 5.74) is 1.09. The number of nitrogens with zero attached hydrogens (tertiary/aromatic N) is 4.